The Kier molecular flexibility index (Phi) is 61.6. The second-order valence-electron chi connectivity index (χ2n) is 25.0. The first kappa shape index (κ1) is 81.9. The number of likely N-dealkylation sites (N-methyl/N-ethyl adjacent to an activating group) is 1. The van der Waals surface area contributed by atoms with Gasteiger partial charge < -0.3 is 28.5 Å². The van der Waals surface area contributed by atoms with Gasteiger partial charge in [0.05, 0.1) is 33.8 Å². The Balaban J connectivity index is 5.12. The van der Waals surface area contributed by atoms with Crippen molar-refractivity contribution >= 4 is 19.7 Å². The molecule has 0 saturated carbocycles. The van der Waals surface area contributed by atoms with Crippen LogP contribution in [0.25, 0.3) is 0 Å². The Labute approximate surface area is 526 Å². The lowest BCUT2D eigenvalue weighted by molar-refractivity contribution is -0.870. The summed E-state index contributed by atoms with van der Waals surface area (Å²) in [4.78, 5) is 40.2. The van der Waals surface area contributed by atoms with Gasteiger partial charge in [-0.1, -0.05) is 285 Å². The summed E-state index contributed by atoms with van der Waals surface area (Å²) in [6, 6.07) is -0.911. The maximum absolute atomic E-state index is 13.6. The molecule has 0 bridgehead atoms. The van der Waals surface area contributed by atoms with Crippen LogP contribution in [0.15, 0.2) is 97.2 Å². The molecule has 85 heavy (non-hydrogen) atoms. The molecule has 0 rings (SSSR count). The highest BCUT2D eigenvalue weighted by atomic mass is 31.2. The second-order valence-corrected chi connectivity index (χ2v) is 26.4. The molecular formula is C75H135N2O7P. The van der Waals surface area contributed by atoms with E-state index in [1.54, 1.807) is 0 Å². The van der Waals surface area contributed by atoms with Crippen molar-refractivity contribution in [2.75, 3.05) is 40.9 Å². The number of hydrogen-bond donors (Lipinski definition) is 1. The zero-order chi connectivity index (χ0) is 62.1. The molecule has 0 aromatic carbocycles. The molecule has 1 amide bonds. The van der Waals surface area contributed by atoms with Gasteiger partial charge in [0.2, 0.25) is 5.91 Å². The second kappa shape index (κ2) is 63.9. The highest BCUT2D eigenvalue weighted by molar-refractivity contribution is 7.45. The molecule has 0 aliphatic carbocycles. The first-order valence-electron chi connectivity index (χ1n) is 35.5. The van der Waals surface area contributed by atoms with Gasteiger partial charge in [-0.3, -0.25) is 14.2 Å². The van der Waals surface area contributed by atoms with Crippen LogP contribution in [0.1, 0.15) is 316 Å². The van der Waals surface area contributed by atoms with Crippen molar-refractivity contribution < 1.29 is 37.3 Å². The van der Waals surface area contributed by atoms with Crippen LogP contribution in [-0.2, 0) is 27.9 Å². The number of carbonyl (C=O) groups excluding carboxylic acids is 2. The molecule has 0 fully saturated rings. The van der Waals surface area contributed by atoms with Crippen LogP contribution in [0, 0.1) is 0 Å². The number of unbranched alkanes of at least 4 members (excludes halogenated alkanes) is 34. The number of allylic oxidation sites excluding steroid dienone is 15. The number of hydrogen-bond acceptors (Lipinski definition) is 7. The van der Waals surface area contributed by atoms with Gasteiger partial charge in [-0.15, -0.1) is 0 Å². The van der Waals surface area contributed by atoms with Crippen molar-refractivity contribution in [1.29, 1.82) is 0 Å². The number of phosphoric acid groups is 1. The van der Waals surface area contributed by atoms with Gasteiger partial charge in [0, 0.05) is 12.8 Å². The molecular weight excluding hydrogens is 1070 g/mol. The molecule has 3 unspecified atom stereocenters. The smallest absolute Gasteiger partial charge is 0.306 e. The minimum Gasteiger partial charge on any atom is -0.756 e. The Bertz CT molecular complexity index is 1780. The molecule has 0 aliphatic rings. The number of esters is 1. The summed E-state index contributed by atoms with van der Waals surface area (Å²) >= 11 is 0. The van der Waals surface area contributed by atoms with Crippen molar-refractivity contribution in [2.24, 2.45) is 0 Å². The van der Waals surface area contributed by atoms with Crippen molar-refractivity contribution in [3.63, 3.8) is 0 Å². The van der Waals surface area contributed by atoms with Crippen LogP contribution in [0.3, 0.4) is 0 Å². The van der Waals surface area contributed by atoms with Crippen LogP contribution in [0.4, 0.5) is 0 Å². The average molecular weight is 1210 g/mol. The summed E-state index contributed by atoms with van der Waals surface area (Å²) in [5.41, 5.74) is 0. The van der Waals surface area contributed by atoms with Gasteiger partial charge in [-0.2, -0.15) is 0 Å². The Morgan fingerprint density at radius 2 is 0.718 bits per heavy atom. The van der Waals surface area contributed by atoms with Gasteiger partial charge in [-0.05, 0) is 115 Å². The number of phosphoric ester groups is 1. The number of rotatable bonds is 64. The van der Waals surface area contributed by atoms with E-state index >= 15 is 0 Å². The van der Waals surface area contributed by atoms with Crippen molar-refractivity contribution in [2.45, 2.75) is 328 Å². The largest absolute Gasteiger partial charge is 0.756 e. The Hall–Kier alpha value is -3.07. The molecule has 0 radical (unpaired) electrons. The zero-order valence-corrected chi connectivity index (χ0v) is 57.2. The van der Waals surface area contributed by atoms with Crippen LogP contribution < -0.4 is 10.2 Å². The molecule has 0 aromatic rings. The van der Waals surface area contributed by atoms with E-state index in [-0.39, 0.29) is 31.3 Å². The highest BCUT2D eigenvalue weighted by Gasteiger charge is 2.27. The van der Waals surface area contributed by atoms with E-state index < -0.39 is 26.6 Å². The number of nitrogens with one attached hydrogen (secondary N) is 1. The predicted octanol–water partition coefficient (Wildman–Crippen LogP) is 22.0. The summed E-state index contributed by atoms with van der Waals surface area (Å²) in [5.74, 6) is -0.573. The molecule has 1 N–H and O–H groups in total. The normalized spacial score (nSPS) is 14.1. The Morgan fingerprint density at radius 1 is 0.412 bits per heavy atom. The molecule has 0 aliphatic heterocycles. The SMILES string of the molecule is CCCCC/C=C\C/C=C\C/C=C\C/C=C\CCCCCC(=O)NC(COP(=O)([O-])OCC[N+](C)(C)C)C(/C=C\CCCCCCCCCCCCC)OC(=O)CCCCCCCCCCCCCCCC/C=C\C/C=C\C/C=C\CCCCC. The molecule has 3 atom stereocenters. The lowest BCUT2D eigenvalue weighted by Crippen LogP contribution is -2.47. The molecule has 0 heterocycles. The van der Waals surface area contributed by atoms with E-state index in [0.717, 1.165) is 89.9 Å². The maximum Gasteiger partial charge on any atom is 0.306 e. The highest BCUT2D eigenvalue weighted by Crippen LogP contribution is 2.38. The maximum atomic E-state index is 13.6. The molecule has 0 saturated heterocycles. The van der Waals surface area contributed by atoms with E-state index in [1.165, 1.54) is 186 Å². The fourth-order valence-corrected chi connectivity index (χ4v) is 10.7. The standard InChI is InChI=1S/C75H135N2O7P/c1-7-10-13-16-19-22-25-28-30-32-34-35-36-37-38-39-40-41-43-45-47-50-53-56-59-62-65-68-75(79)84-73(66-63-60-57-54-51-48-27-24-21-18-15-12-9-3)72(71-83-85(80,81)82-70-69-77(4,5)6)76-74(78)67-64-61-58-55-52-49-46-44-42-33-31-29-26-23-20-17-14-11-8-2/h19-20,22-23,28-31,34-35,42,44,49,52,63,66,72-73H,7-18,21,24-27,32-33,36-41,43,45-48,50-51,53-62,64-65,67-71H2,1-6H3,(H-,76,78,80,81)/b22-19-,23-20-,30-28-,31-29-,35-34-,44-42-,52-49-,66-63-. The Morgan fingerprint density at radius 3 is 1.11 bits per heavy atom. The first-order valence-corrected chi connectivity index (χ1v) is 37.0. The molecule has 492 valence electrons. The van der Waals surface area contributed by atoms with Crippen molar-refractivity contribution in [1.82, 2.24) is 5.32 Å². The van der Waals surface area contributed by atoms with Gasteiger partial charge in [-0.25, -0.2) is 0 Å². The molecule has 9 nitrogen and oxygen atoms in total. The van der Waals surface area contributed by atoms with Crippen LogP contribution in [-0.4, -0.2) is 69.4 Å². The van der Waals surface area contributed by atoms with Gasteiger partial charge >= 0.3 is 5.97 Å². The average Bonchev–Trinajstić information content (AvgIpc) is 3.50. The quantitative estimate of drug-likeness (QED) is 0.0212. The lowest BCUT2D eigenvalue weighted by Gasteiger charge is -2.30. The van der Waals surface area contributed by atoms with Gasteiger partial charge in [0.1, 0.15) is 19.3 Å². The lowest BCUT2D eigenvalue weighted by atomic mass is 10.0. The third-order valence-corrected chi connectivity index (χ3v) is 16.5. The van der Waals surface area contributed by atoms with E-state index in [9.17, 15) is 19.0 Å². The third-order valence-electron chi connectivity index (χ3n) is 15.5. The zero-order valence-electron chi connectivity index (χ0n) is 56.3. The minimum atomic E-state index is -4.72. The summed E-state index contributed by atoms with van der Waals surface area (Å²) < 4.78 is 30.4. The first-order chi connectivity index (χ1) is 41.4. The summed E-state index contributed by atoms with van der Waals surface area (Å²) in [6.45, 7) is 6.78. The number of amides is 1. The van der Waals surface area contributed by atoms with E-state index in [4.69, 9.17) is 13.8 Å². The number of nitrogens with zero attached hydrogens (tertiary/aromatic N) is 1. The number of quaternary nitrogens is 1. The molecule has 10 heteroatoms. The van der Waals surface area contributed by atoms with Gasteiger partial charge in [0.25, 0.3) is 7.82 Å². The van der Waals surface area contributed by atoms with Crippen LogP contribution >= 0.6 is 7.82 Å². The fraction of sp³-hybridized carbons (Fsp3) is 0.760. The number of carbonyl (C=O) groups is 2. The molecule has 0 spiro atoms. The summed E-state index contributed by atoms with van der Waals surface area (Å²) in [7, 11) is 1.16. The van der Waals surface area contributed by atoms with Crippen molar-refractivity contribution in [3.05, 3.63) is 97.2 Å². The van der Waals surface area contributed by atoms with Crippen molar-refractivity contribution in [3.8, 4) is 0 Å². The summed E-state index contributed by atoms with van der Waals surface area (Å²) in [5, 5.41) is 3.02. The van der Waals surface area contributed by atoms with E-state index in [1.807, 2.05) is 33.3 Å². The molecule has 0 aromatic heterocycles. The number of ether oxygens (including phenoxy) is 1. The van der Waals surface area contributed by atoms with Crippen LogP contribution in [0.5, 0.6) is 0 Å². The predicted molar refractivity (Wildman–Crippen MR) is 367 cm³/mol. The van der Waals surface area contributed by atoms with Gasteiger partial charge in [0.15, 0.2) is 0 Å². The monoisotopic (exact) mass is 1210 g/mol. The van der Waals surface area contributed by atoms with E-state index in [2.05, 4.69) is 111 Å². The third kappa shape index (κ3) is 65.2. The van der Waals surface area contributed by atoms with E-state index in [0.29, 0.717) is 17.4 Å². The topological polar surface area (TPSA) is 114 Å². The van der Waals surface area contributed by atoms with Crippen LogP contribution in [0.2, 0.25) is 0 Å². The minimum absolute atomic E-state index is 0.0320. The fourth-order valence-electron chi connectivity index (χ4n) is 9.98. The summed E-state index contributed by atoms with van der Waals surface area (Å²) in [6.07, 6.45) is 86.7.